The monoisotopic (exact) mass is 333 g/mol. The Kier molecular flexibility index (Phi) is 3.92. The number of nitrogens with zero attached hydrogens (tertiary/aromatic N) is 2. The number of pyridine rings is 2. The SMILES string of the molecule is CC1CCC(Nc2ccnc3cc(Br)cnc23)C(C)C1. The highest BCUT2D eigenvalue weighted by Crippen LogP contribution is 2.32. The van der Waals surface area contributed by atoms with E-state index in [2.05, 4.69) is 45.1 Å². The molecule has 0 bridgehead atoms. The van der Waals surface area contributed by atoms with E-state index in [0.29, 0.717) is 12.0 Å². The van der Waals surface area contributed by atoms with E-state index in [0.717, 1.165) is 27.1 Å². The molecule has 0 amide bonds. The molecule has 1 aliphatic carbocycles. The van der Waals surface area contributed by atoms with Crippen LogP contribution in [-0.4, -0.2) is 16.0 Å². The first-order valence-corrected chi connectivity index (χ1v) is 8.09. The third-order valence-corrected chi connectivity index (χ3v) is 4.75. The molecule has 2 aromatic heterocycles. The van der Waals surface area contributed by atoms with Crippen LogP contribution < -0.4 is 5.32 Å². The number of aromatic nitrogens is 2. The molecule has 2 aromatic rings. The molecule has 20 heavy (non-hydrogen) atoms. The molecular formula is C16H20BrN3. The molecule has 1 aliphatic rings. The van der Waals surface area contributed by atoms with Gasteiger partial charge in [-0.1, -0.05) is 13.8 Å². The van der Waals surface area contributed by atoms with Crippen molar-refractivity contribution >= 4 is 32.7 Å². The molecule has 0 radical (unpaired) electrons. The van der Waals surface area contributed by atoms with Crippen LogP contribution in [0.3, 0.4) is 0 Å². The van der Waals surface area contributed by atoms with Crippen molar-refractivity contribution in [2.45, 2.75) is 39.2 Å². The predicted molar refractivity (Wildman–Crippen MR) is 86.8 cm³/mol. The number of anilines is 1. The molecule has 3 rings (SSSR count). The van der Waals surface area contributed by atoms with E-state index in [1.54, 1.807) is 0 Å². The van der Waals surface area contributed by atoms with Gasteiger partial charge in [0.25, 0.3) is 0 Å². The minimum atomic E-state index is 0.544. The van der Waals surface area contributed by atoms with Crippen LogP contribution in [0.1, 0.15) is 33.1 Å². The first-order valence-electron chi connectivity index (χ1n) is 7.30. The molecule has 0 saturated heterocycles. The number of nitrogens with one attached hydrogen (secondary N) is 1. The van der Waals surface area contributed by atoms with Gasteiger partial charge in [-0.3, -0.25) is 9.97 Å². The molecule has 3 atom stereocenters. The maximum absolute atomic E-state index is 4.51. The van der Waals surface area contributed by atoms with Crippen LogP contribution in [0.2, 0.25) is 0 Å². The van der Waals surface area contributed by atoms with Gasteiger partial charge in [0.05, 0.1) is 11.2 Å². The van der Waals surface area contributed by atoms with Gasteiger partial charge in [-0.05, 0) is 59.2 Å². The smallest absolute Gasteiger partial charge is 0.112 e. The largest absolute Gasteiger partial charge is 0.380 e. The molecule has 4 heteroatoms. The van der Waals surface area contributed by atoms with Crippen molar-refractivity contribution in [3.8, 4) is 0 Å². The van der Waals surface area contributed by atoms with Crippen molar-refractivity contribution < 1.29 is 0 Å². The molecule has 3 nitrogen and oxygen atoms in total. The van der Waals surface area contributed by atoms with Gasteiger partial charge in [-0.2, -0.15) is 0 Å². The fraction of sp³-hybridized carbons (Fsp3) is 0.500. The summed E-state index contributed by atoms with van der Waals surface area (Å²) in [7, 11) is 0. The van der Waals surface area contributed by atoms with E-state index in [9.17, 15) is 0 Å². The van der Waals surface area contributed by atoms with E-state index in [4.69, 9.17) is 0 Å². The molecule has 1 saturated carbocycles. The van der Waals surface area contributed by atoms with Crippen LogP contribution >= 0.6 is 15.9 Å². The predicted octanol–water partition coefficient (Wildman–Crippen LogP) is 4.63. The molecule has 3 unspecified atom stereocenters. The van der Waals surface area contributed by atoms with Gasteiger partial charge in [-0.25, -0.2) is 0 Å². The average molecular weight is 334 g/mol. The Hall–Kier alpha value is -1.16. The highest BCUT2D eigenvalue weighted by atomic mass is 79.9. The number of hydrogen-bond donors (Lipinski definition) is 1. The second-order valence-electron chi connectivity index (χ2n) is 6.03. The Balaban J connectivity index is 1.87. The zero-order valence-electron chi connectivity index (χ0n) is 11.9. The van der Waals surface area contributed by atoms with Crippen molar-refractivity contribution in [2.24, 2.45) is 11.8 Å². The third kappa shape index (κ3) is 2.80. The van der Waals surface area contributed by atoms with Gasteiger partial charge in [0.1, 0.15) is 5.52 Å². The van der Waals surface area contributed by atoms with E-state index < -0.39 is 0 Å². The topological polar surface area (TPSA) is 37.8 Å². The van der Waals surface area contributed by atoms with Crippen molar-refractivity contribution in [3.05, 3.63) is 29.0 Å². The first kappa shape index (κ1) is 13.8. The Morgan fingerprint density at radius 1 is 1.25 bits per heavy atom. The maximum atomic E-state index is 4.51. The van der Waals surface area contributed by atoms with Gasteiger partial charge in [0.2, 0.25) is 0 Å². The summed E-state index contributed by atoms with van der Waals surface area (Å²) in [5, 5.41) is 3.70. The second kappa shape index (κ2) is 5.68. The van der Waals surface area contributed by atoms with Crippen molar-refractivity contribution in [1.82, 2.24) is 9.97 Å². The molecule has 0 aliphatic heterocycles. The van der Waals surface area contributed by atoms with Crippen molar-refractivity contribution in [2.75, 3.05) is 5.32 Å². The van der Waals surface area contributed by atoms with Crippen molar-refractivity contribution in [1.29, 1.82) is 0 Å². The van der Waals surface area contributed by atoms with Crippen LogP contribution in [0, 0.1) is 11.8 Å². The summed E-state index contributed by atoms with van der Waals surface area (Å²) >= 11 is 3.45. The molecule has 0 spiro atoms. The number of hydrogen-bond acceptors (Lipinski definition) is 3. The lowest BCUT2D eigenvalue weighted by atomic mass is 9.80. The minimum Gasteiger partial charge on any atom is -0.380 e. The second-order valence-corrected chi connectivity index (χ2v) is 6.94. The molecule has 0 aromatic carbocycles. The van der Waals surface area contributed by atoms with Gasteiger partial charge in [-0.15, -0.1) is 0 Å². The van der Waals surface area contributed by atoms with Crippen LogP contribution in [0.4, 0.5) is 5.69 Å². The van der Waals surface area contributed by atoms with E-state index in [1.165, 1.54) is 19.3 Å². The zero-order valence-corrected chi connectivity index (χ0v) is 13.5. The fourth-order valence-corrected chi connectivity index (χ4v) is 3.52. The normalized spacial score (nSPS) is 26.6. The van der Waals surface area contributed by atoms with E-state index >= 15 is 0 Å². The van der Waals surface area contributed by atoms with Crippen LogP contribution in [0.5, 0.6) is 0 Å². The fourth-order valence-electron chi connectivity index (χ4n) is 3.20. The van der Waals surface area contributed by atoms with Gasteiger partial charge >= 0.3 is 0 Å². The Labute approximate surface area is 128 Å². The average Bonchev–Trinajstić information content (AvgIpc) is 2.41. The summed E-state index contributed by atoms with van der Waals surface area (Å²) < 4.78 is 0.967. The quantitative estimate of drug-likeness (QED) is 0.870. The Bertz CT molecular complexity index is 614. The van der Waals surface area contributed by atoms with Gasteiger partial charge < -0.3 is 5.32 Å². The van der Waals surface area contributed by atoms with E-state index in [1.807, 2.05) is 24.5 Å². The lowest BCUT2D eigenvalue weighted by Crippen LogP contribution is -2.33. The summed E-state index contributed by atoms with van der Waals surface area (Å²) in [6, 6.07) is 4.59. The third-order valence-electron chi connectivity index (χ3n) is 4.32. The minimum absolute atomic E-state index is 0.544. The molecule has 1 N–H and O–H groups in total. The lowest BCUT2D eigenvalue weighted by Gasteiger charge is -2.34. The first-order chi connectivity index (χ1) is 9.63. The maximum Gasteiger partial charge on any atom is 0.112 e. The van der Waals surface area contributed by atoms with E-state index in [-0.39, 0.29) is 0 Å². The van der Waals surface area contributed by atoms with Crippen LogP contribution in [-0.2, 0) is 0 Å². The summed E-state index contributed by atoms with van der Waals surface area (Å²) in [4.78, 5) is 8.91. The summed E-state index contributed by atoms with van der Waals surface area (Å²) in [6.45, 7) is 4.70. The molecular weight excluding hydrogens is 314 g/mol. The highest BCUT2D eigenvalue weighted by Gasteiger charge is 2.25. The lowest BCUT2D eigenvalue weighted by molar-refractivity contribution is 0.276. The summed E-state index contributed by atoms with van der Waals surface area (Å²) in [5.74, 6) is 1.56. The van der Waals surface area contributed by atoms with Crippen LogP contribution in [0.25, 0.3) is 11.0 Å². The summed E-state index contributed by atoms with van der Waals surface area (Å²) in [6.07, 6.45) is 7.54. The van der Waals surface area contributed by atoms with Crippen LogP contribution in [0.15, 0.2) is 29.0 Å². The molecule has 2 heterocycles. The molecule has 1 fully saturated rings. The Morgan fingerprint density at radius 3 is 2.90 bits per heavy atom. The Morgan fingerprint density at radius 2 is 2.10 bits per heavy atom. The number of halogens is 1. The summed E-state index contributed by atoms with van der Waals surface area (Å²) in [5.41, 5.74) is 3.00. The zero-order chi connectivity index (χ0) is 14.1. The highest BCUT2D eigenvalue weighted by molar-refractivity contribution is 9.10. The number of rotatable bonds is 2. The molecule has 106 valence electrons. The van der Waals surface area contributed by atoms with Crippen molar-refractivity contribution in [3.63, 3.8) is 0 Å². The van der Waals surface area contributed by atoms with Gasteiger partial charge in [0, 0.05) is 22.9 Å². The number of fused-ring (bicyclic) bond motifs is 1. The van der Waals surface area contributed by atoms with Gasteiger partial charge in [0.15, 0.2) is 0 Å². The standard InChI is InChI=1S/C16H20BrN3/c1-10-3-4-13(11(2)7-10)20-14-5-6-18-15-8-12(17)9-19-16(14)15/h5-6,8-11,13H,3-4,7H2,1-2H3,(H,18,20).